The van der Waals surface area contributed by atoms with Crippen LogP contribution in [0.4, 0.5) is 11.5 Å². The first-order valence-electron chi connectivity index (χ1n) is 9.42. The third kappa shape index (κ3) is 4.68. The molecule has 0 radical (unpaired) electrons. The smallest absolute Gasteiger partial charge is 0.157 e. The lowest BCUT2D eigenvalue weighted by Crippen LogP contribution is -2.07. The van der Waals surface area contributed by atoms with Crippen LogP contribution >= 0.6 is 0 Å². The maximum Gasteiger partial charge on any atom is 0.157 e. The van der Waals surface area contributed by atoms with Crippen molar-refractivity contribution in [2.45, 2.75) is 27.7 Å². The Labute approximate surface area is 171 Å². The summed E-state index contributed by atoms with van der Waals surface area (Å²) in [6.45, 7) is 7.87. The zero-order valence-corrected chi connectivity index (χ0v) is 17.8. The number of anilines is 2. The van der Waals surface area contributed by atoms with Crippen molar-refractivity contribution < 1.29 is 0 Å². The van der Waals surface area contributed by atoms with Gasteiger partial charge in [0.15, 0.2) is 5.65 Å². The highest BCUT2D eigenvalue weighted by atomic mass is 15.2. The Bertz CT molecular complexity index is 1130. The molecule has 4 aromatic rings. The van der Waals surface area contributed by atoms with Crippen LogP contribution in [0, 0.1) is 27.7 Å². The van der Waals surface area contributed by atoms with Crippen LogP contribution in [0.5, 0.6) is 0 Å². The Morgan fingerprint density at radius 3 is 2.10 bits per heavy atom. The number of rotatable bonds is 2. The van der Waals surface area contributed by atoms with Gasteiger partial charge in [-0.1, -0.05) is 12.1 Å². The lowest BCUT2D eigenvalue weighted by atomic mass is 10.1. The van der Waals surface area contributed by atoms with Crippen molar-refractivity contribution in [2.24, 2.45) is 0 Å². The zero-order valence-electron chi connectivity index (χ0n) is 17.8. The van der Waals surface area contributed by atoms with Crippen LogP contribution in [0.3, 0.4) is 0 Å². The van der Waals surface area contributed by atoms with Crippen molar-refractivity contribution in [3.8, 4) is 11.3 Å². The summed E-state index contributed by atoms with van der Waals surface area (Å²) < 4.78 is 1.86. The minimum Gasteiger partial charge on any atom is -0.382 e. The second kappa shape index (κ2) is 8.26. The van der Waals surface area contributed by atoms with E-state index in [-0.39, 0.29) is 0 Å². The summed E-state index contributed by atoms with van der Waals surface area (Å²) in [5.74, 6) is 0.514. The van der Waals surface area contributed by atoms with Crippen molar-refractivity contribution in [1.82, 2.24) is 24.8 Å². The van der Waals surface area contributed by atoms with Crippen molar-refractivity contribution in [3.63, 3.8) is 0 Å². The first-order chi connectivity index (χ1) is 13.7. The quantitative estimate of drug-likeness (QED) is 0.562. The van der Waals surface area contributed by atoms with E-state index in [4.69, 9.17) is 5.73 Å². The molecular formula is C22H27N7. The largest absolute Gasteiger partial charge is 0.382 e. The molecule has 0 bridgehead atoms. The van der Waals surface area contributed by atoms with E-state index in [9.17, 15) is 0 Å². The molecule has 150 valence electrons. The van der Waals surface area contributed by atoms with Gasteiger partial charge in [-0.2, -0.15) is 10.2 Å². The normalized spacial score (nSPS) is 10.6. The second-order valence-corrected chi connectivity index (χ2v) is 7.36. The van der Waals surface area contributed by atoms with Crippen molar-refractivity contribution in [1.29, 1.82) is 0 Å². The molecule has 0 saturated carbocycles. The van der Waals surface area contributed by atoms with Crippen LogP contribution < -0.4 is 10.6 Å². The average Bonchev–Trinajstić information content (AvgIpc) is 3.10. The third-order valence-electron chi connectivity index (χ3n) is 4.56. The number of nitrogens with zero attached hydrogens (tertiary/aromatic N) is 6. The molecule has 0 saturated heterocycles. The fourth-order valence-electron chi connectivity index (χ4n) is 2.99. The molecule has 3 aromatic heterocycles. The molecule has 0 amide bonds. The highest BCUT2D eigenvalue weighted by Gasteiger charge is 2.08. The van der Waals surface area contributed by atoms with E-state index >= 15 is 0 Å². The predicted molar refractivity (Wildman–Crippen MR) is 118 cm³/mol. The minimum atomic E-state index is 0.514. The summed E-state index contributed by atoms with van der Waals surface area (Å²) in [5, 5.41) is 11.9. The fraction of sp³-hybridized carbons (Fsp3) is 0.273. The molecule has 0 aliphatic carbocycles. The SMILES string of the molecule is Cc1cc(C)c(N)nn1.Cc1cc(C)c2nc(-c3ccc(N(C)C)cc3)cn2n1. The topological polar surface area (TPSA) is 85.2 Å². The van der Waals surface area contributed by atoms with Gasteiger partial charge in [0, 0.05) is 25.3 Å². The maximum atomic E-state index is 5.42. The zero-order chi connectivity index (χ0) is 21.1. The molecule has 7 heteroatoms. The number of hydrogen-bond acceptors (Lipinski definition) is 6. The van der Waals surface area contributed by atoms with Crippen molar-refractivity contribution in [2.75, 3.05) is 24.7 Å². The van der Waals surface area contributed by atoms with Gasteiger partial charge in [0.1, 0.15) is 5.82 Å². The Hall–Kier alpha value is -3.48. The molecule has 3 heterocycles. The van der Waals surface area contributed by atoms with Crippen LogP contribution in [-0.4, -0.2) is 38.9 Å². The number of hydrogen-bond donors (Lipinski definition) is 1. The first kappa shape index (κ1) is 20.3. The van der Waals surface area contributed by atoms with Gasteiger partial charge in [0.25, 0.3) is 0 Å². The summed E-state index contributed by atoms with van der Waals surface area (Å²) in [7, 11) is 4.08. The molecule has 0 atom stereocenters. The van der Waals surface area contributed by atoms with E-state index in [1.54, 1.807) is 0 Å². The third-order valence-corrected chi connectivity index (χ3v) is 4.56. The van der Waals surface area contributed by atoms with Gasteiger partial charge in [-0.05, 0) is 63.1 Å². The summed E-state index contributed by atoms with van der Waals surface area (Å²) in [6, 6.07) is 12.4. The summed E-state index contributed by atoms with van der Waals surface area (Å²) in [6.07, 6.45) is 1.99. The summed E-state index contributed by atoms with van der Waals surface area (Å²) in [4.78, 5) is 6.77. The molecule has 0 unspecified atom stereocenters. The first-order valence-corrected chi connectivity index (χ1v) is 9.42. The Balaban J connectivity index is 0.000000224. The number of benzene rings is 1. The van der Waals surface area contributed by atoms with Crippen LogP contribution in [0.25, 0.3) is 16.9 Å². The number of nitrogen functional groups attached to an aromatic ring is 1. The van der Waals surface area contributed by atoms with Gasteiger partial charge in [-0.25, -0.2) is 9.50 Å². The Morgan fingerprint density at radius 2 is 1.52 bits per heavy atom. The van der Waals surface area contributed by atoms with Gasteiger partial charge in [0.05, 0.1) is 23.3 Å². The lowest BCUT2D eigenvalue weighted by molar-refractivity contribution is 0.893. The second-order valence-electron chi connectivity index (χ2n) is 7.36. The molecule has 7 nitrogen and oxygen atoms in total. The number of nitrogens with two attached hydrogens (primary N) is 1. The van der Waals surface area contributed by atoms with E-state index < -0.39 is 0 Å². The molecule has 1 aromatic carbocycles. The van der Waals surface area contributed by atoms with E-state index in [1.165, 1.54) is 5.69 Å². The highest BCUT2D eigenvalue weighted by Crippen LogP contribution is 2.23. The number of fused-ring (bicyclic) bond motifs is 1. The molecule has 0 aliphatic heterocycles. The highest BCUT2D eigenvalue weighted by molar-refractivity contribution is 5.66. The number of imidazole rings is 1. The summed E-state index contributed by atoms with van der Waals surface area (Å²) >= 11 is 0. The maximum absolute atomic E-state index is 5.42. The minimum absolute atomic E-state index is 0.514. The lowest BCUT2D eigenvalue weighted by Gasteiger charge is -2.11. The number of aryl methyl sites for hydroxylation is 4. The van der Waals surface area contributed by atoms with E-state index in [0.29, 0.717) is 5.82 Å². The van der Waals surface area contributed by atoms with Gasteiger partial charge in [-0.3, -0.25) is 0 Å². The van der Waals surface area contributed by atoms with E-state index in [0.717, 1.165) is 39.4 Å². The van der Waals surface area contributed by atoms with E-state index in [2.05, 4.69) is 62.4 Å². The van der Waals surface area contributed by atoms with Crippen molar-refractivity contribution >= 4 is 17.2 Å². The fourth-order valence-corrected chi connectivity index (χ4v) is 2.99. The average molecular weight is 390 g/mol. The molecule has 4 rings (SSSR count). The monoisotopic (exact) mass is 389 g/mol. The van der Waals surface area contributed by atoms with Gasteiger partial charge < -0.3 is 10.6 Å². The van der Waals surface area contributed by atoms with Gasteiger partial charge >= 0.3 is 0 Å². The van der Waals surface area contributed by atoms with Crippen LogP contribution in [0.1, 0.15) is 22.5 Å². The van der Waals surface area contributed by atoms with Gasteiger partial charge in [0.2, 0.25) is 0 Å². The van der Waals surface area contributed by atoms with Gasteiger partial charge in [-0.15, -0.1) is 5.10 Å². The Morgan fingerprint density at radius 1 is 0.862 bits per heavy atom. The molecule has 29 heavy (non-hydrogen) atoms. The summed E-state index contributed by atoms with van der Waals surface area (Å²) in [5.41, 5.74) is 13.6. The van der Waals surface area contributed by atoms with Crippen LogP contribution in [0.2, 0.25) is 0 Å². The molecule has 0 spiro atoms. The molecule has 0 fully saturated rings. The molecule has 2 N–H and O–H groups in total. The van der Waals surface area contributed by atoms with Crippen molar-refractivity contribution in [3.05, 3.63) is 65.1 Å². The van der Waals surface area contributed by atoms with E-state index in [1.807, 2.05) is 51.6 Å². The van der Waals surface area contributed by atoms with Crippen LogP contribution in [-0.2, 0) is 0 Å². The predicted octanol–water partition coefficient (Wildman–Crippen LogP) is 3.75. The molecule has 0 aliphatic rings. The number of aromatic nitrogens is 5. The standard InChI is InChI=1S/C16H18N4.C6H9N3/c1-11-9-12(2)18-20-10-15(17-16(11)20)13-5-7-14(8-6-13)19(3)4;1-4-3-5(2)8-9-6(4)7/h5-10H,1-4H3;3H,1-2H3,(H2,7,9). The van der Waals surface area contributed by atoms with Crippen LogP contribution in [0.15, 0.2) is 42.6 Å². The molecular weight excluding hydrogens is 362 g/mol. The Kier molecular flexibility index (Phi) is 5.77.